The number of hydrogen-bond donors (Lipinski definition) is 1. The molecular formula is C13H21N. The zero-order chi connectivity index (χ0) is 9.54. The van der Waals surface area contributed by atoms with Gasteiger partial charge in [0, 0.05) is 12.1 Å². The Hall–Kier alpha value is -0.300. The third kappa shape index (κ3) is 1.42. The molecule has 0 aromatic rings. The van der Waals surface area contributed by atoms with Gasteiger partial charge in [-0.25, -0.2) is 0 Å². The number of rotatable bonds is 4. The molecule has 5 unspecified atom stereocenters. The lowest BCUT2D eigenvalue weighted by atomic mass is 9.71. The Morgan fingerprint density at radius 2 is 2.21 bits per heavy atom. The summed E-state index contributed by atoms with van der Waals surface area (Å²) in [6.07, 6.45) is 11.9. The van der Waals surface area contributed by atoms with Crippen molar-refractivity contribution < 1.29 is 0 Å². The highest BCUT2D eigenvalue weighted by Gasteiger charge is 2.45. The van der Waals surface area contributed by atoms with E-state index in [1.165, 1.54) is 32.1 Å². The predicted molar refractivity (Wildman–Crippen MR) is 59.1 cm³/mol. The topological polar surface area (TPSA) is 12.0 Å². The van der Waals surface area contributed by atoms with Crippen LogP contribution in [-0.4, -0.2) is 12.1 Å². The fourth-order valence-electron chi connectivity index (χ4n) is 3.32. The van der Waals surface area contributed by atoms with Crippen LogP contribution < -0.4 is 5.32 Å². The maximum absolute atomic E-state index is 3.85. The van der Waals surface area contributed by atoms with Gasteiger partial charge in [0.1, 0.15) is 0 Å². The first kappa shape index (κ1) is 8.96. The number of allylic oxidation sites excluding steroid dienone is 1. The largest absolute Gasteiger partial charge is 0.310 e. The molecule has 1 N–H and O–H groups in total. The maximum Gasteiger partial charge on any atom is 0.0138 e. The molecule has 78 valence electrons. The lowest BCUT2D eigenvalue weighted by Crippen LogP contribution is -2.49. The molecule has 5 atom stereocenters. The van der Waals surface area contributed by atoms with E-state index >= 15 is 0 Å². The van der Waals surface area contributed by atoms with Gasteiger partial charge >= 0.3 is 0 Å². The summed E-state index contributed by atoms with van der Waals surface area (Å²) in [5, 5.41) is 3.85. The normalized spacial score (nSPS) is 48.8. The highest BCUT2D eigenvalue weighted by molar-refractivity contribution is 5.14. The monoisotopic (exact) mass is 191 g/mol. The first-order valence-corrected chi connectivity index (χ1v) is 6.31. The molecule has 0 aromatic heterocycles. The Balaban J connectivity index is 1.45. The van der Waals surface area contributed by atoms with Crippen molar-refractivity contribution in [1.82, 2.24) is 5.32 Å². The van der Waals surface area contributed by atoms with Crippen molar-refractivity contribution in [3.8, 4) is 0 Å². The second-order valence-electron chi connectivity index (χ2n) is 5.40. The van der Waals surface area contributed by atoms with Crippen LogP contribution in [0.15, 0.2) is 12.2 Å². The second kappa shape index (κ2) is 3.37. The molecule has 14 heavy (non-hydrogen) atoms. The van der Waals surface area contributed by atoms with E-state index < -0.39 is 0 Å². The molecule has 2 saturated carbocycles. The predicted octanol–water partition coefficient (Wildman–Crippen LogP) is 2.73. The smallest absolute Gasteiger partial charge is 0.0138 e. The van der Waals surface area contributed by atoms with Crippen LogP contribution in [0, 0.1) is 17.8 Å². The molecule has 1 heteroatoms. The van der Waals surface area contributed by atoms with Gasteiger partial charge in [0.25, 0.3) is 0 Å². The van der Waals surface area contributed by atoms with Gasteiger partial charge in [0.15, 0.2) is 0 Å². The molecule has 1 nitrogen and oxygen atoms in total. The molecular weight excluding hydrogens is 170 g/mol. The first-order valence-electron chi connectivity index (χ1n) is 6.31. The molecule has 3 aliphatic rings. The molecule has 0 heterocycles. The third-order valence-electron chi connectivity index (χ3n) is 4.37. The molecule has 0 aliphatic heterocycles. The van der Waals surface area contributed by atoms with Crippen LogP contribution in [0.4, 0.5) is 0 Å². The average Bonchev–Trinajstić information content (AvgIpc) is 2.77. The van der Waals surface area contributed by atoms with Gasteiger partial charge in [-0.15, -0.1) is 0 Å². The van der Waals surface area contributed by atoms with Gasteiger partial charge in [0.05, 0.1) is 0 Å². The van der Waals surface area contributed by atoms with E-state index in [4.69, 9.17) is 0 Å². The number of fused-ring (bicyclic) bond motifs is 1. The van der Waals surface area contributed by atoms with Crippen LogP contribution in [0.2, 0.25) is 0 Å². The van der Waals surface area contributed by atoms with E-state index in [1.807, 2.05) is 0 Å². The van der Waals surface area contributed by atoms with Gasteiger partial charge in [-0.2, -0.15) is 0 Å². The standard InChI is InChI=1S/C13H21N/c1-2-4-10-8-12(10)14-13-7-9-5-3-6-11(9)13/h3,6,9-14H,2,4-5,7-8H2,1H3. The van der Waals surface area contributed by atoms with Gasteiger partial charge in [-0.1, -0.05) is 25.5 Å². The number of hydrogen-bond acceptors (Lipinski definition) is 1. The molecule has 3 rings (SSSR count). The van der Waals surface area contributed by atoms with E-state index in [1.54, 1.807) is 0 Å². The van der Waals surface area contributed by atoms with Crippen LogP contribution in [0.3, 0.4) is 0 Å². The summed E-state index contributed by atoms with van der Waals surface area (Å²) in [4.78, 5) is 0. The van der Waals surface area contributed by atoms with E-state index in [0.29, 0.717) is 0 Å². The van der Waals surface area contributed by atoms with E-state index in [2.05, 4.69) is 24.4 Å². The Kier molecular flexibility index (Phi) is 2.16. The molecule has 0 bridgehead atoms. The summed E-state index contributed by atoms with van der Waals surface area (Å²) >= 11 is 0. The van der Waals surface area contributed by atoms with Crippen molar-refractivity contribution >= 4 is 0 Å². The lowest BCUT2D eigenvalue weighted by Gasteiger charge is -2.41. The fourth-order valence-corrected chi connectivity index (χ4v) is 3.32. The SMILES string of the molecule is CCCC1CC1NC1CC2CC=CC21. The van der Waals surface area contributed by atoms with Crippen molar-refractivity contribution in [3.05, 3.63) is 12.2 Å². The van der Waals surface area contributed by atoms with Crippen molar-refractivity contribution in [2.24, 2.45) is 17.8 Å². The van der Waals surface area contributed by atoms with Crippen molar-refractivity contribution in [2.45, 2.75) is 51.1 Å². The van der Waals surface area contributed by atoms with E-state index in [9.17, 15) is 0 Å². The summed E-state index contributed by atoms with van der Waals surface area (Å²) in [7, 11) is 0. The van der Waals surface area contributed by atoms with Gasteiger partial charge in [0.2, 0.25) is 0 Å². The van der Waals surface area contributed by atoms with Crippen LogP contribution in [0.1, 0.15) is 39.0 Å². The molecule has 3 aliphatic carbocycles. The Labute approximate surface area is 87.0 Å². The zero-order valence-corrected chi connectivity index (χ0v) is 9.08. The summed E-state index contributed by atoms with van der Waals surface area (Å²) in [6, 6.07) is 1.72. The van der Waals surface area contributed by atoms with Gasteiger partial charge in [-0.3, -0.25) is 0 Å². The van der Waals surface area contributed by atoms with E-state index in [-0.39, 0.29) is 0 Å². The number of nitrogens with one attached hydrogen (secondary N) is 1. The molecule has 0 saturated heterocycles. The average molecular weight is 191 g/mol. The van der Waals surface area contributed by atoms with Gasteiger partial charge < -0.3 is 5.32 Å². The fraction of sp³-hybridized carbons (Fsp3) is 0.846. The summed E-state index contributed by atoms with van der Waals surface area (Å²) in [6.45, 7) is 2.30. The maximum atomic E-state index is 3.85. The molecule has 2 fully saturated rings. The third-order valence-corrected chi connectivity index (χ3v) is 4.37. The quantitative estimate of drug-likeness (QED) is 0.674. The molecule has 0 amide bonds. The minimum absolute atomic E-state index is 0.839. The Bertz CT molecular complexity index is 246. The van der Waals surface area contributed by atoms with Crippen LogP contribution in [0.25, 0.3) is 0 Å². The Morgan fingerprint density at radius 3 is 3.00 bits per heavy atom. The van der Waals surface area contributed by atoms with Crippen LogP contribution in [-0.2, 0) is 0 Å². The van der Waals surface area contributed by atoms with Crippen LogP contribution >= 0.6 is 0 Å². The molecule has 0 radical (unpaired) electrons. The second-order valence-corrected chi connectivity index (χ2v) is 5.40. The van der Waals surface area contributed by atoms with Crippen molar-refractivity contribution in [1.29, 1.82) is 0 Å². The van der Waals surface area contributed by atoms with Crippen molar-refractivity contribution in [3.63, 3.8) is 0 Å². The molecule has 0 spiro atoms. The van der Waals surface area contributed by atoms with Gasteiger partial charge in [-0.05, 0) is 43.4 Å². The minimum Gasteiger partial charge on any atom is -0.310 e. The summed E-state index contributed by atoms with van der Waals surface area (Å²) in [5.74, 6) is 2.93. The van der Waals surface area contributed by atoms with E-state index in [0.717, 1.165) is 29.8 Å². The highest BCUT2D eigenvalue weighted by atomic mass is 15.0. The van der Waals surface area contributed by atoms with Crippen LogP contribution in [0.5, 0.6) is 0 Å². The zero-order valence-electron chi connectivity index (χ0n) is 9.08. The lowest BCUT2D eigenvalue weighted by molar-refractivity contribution is 0.160. The van der Waals surface area contributed by atoms with Crippen molar-refractivity contribution in [2.75, 3.05) is 0 Å². The minimum atomic E-state index is 0.839. The first-order chi connectivity index (χ1) is 6.88. The summed E-state index contributed by atoms with van der Waals surface area (Å²) < 4.78 is 0. The molecule has 0 aromatic carbocycles. The summed E-state index contributed by atoms with van der Waals surface area (Å²) in [5.41, 5.74) is 0. The Morgan fingerprint density at radius 1 is 1.29 bits per heavy atom. The highest BCUT2D eigenvalue weighted by Crippen LogP contribution is 2.45.